The van der Waals surface area contributed by atoms with Crippen LogP contribution in [0, 0.1) is 0 Å². The Morgan fingerprint density at radius 3 is 2.55 bits per heavy atom. The van der Waals surface area contributed by atoms with Gasteiger partial charge in [0, 0.05) is 22.8 Å². The van der Waals surface area contributed by atoms with Crippen molar-refractivity contribution in [3.05, 3.63) is 82.1 Å². The zero-order valence-corrected chi connectivity index (χ0v) is 20.2. The summed E-state index contributed by atoms with van der Waals surface area (Å²) in [5, 5.41) is 0.436. The van der Waals surface area contributed by atoms with Crippen LogP contribution in [0.2, 0.25) is 5.02 Å². The molecule has 1 amide bonds. The number of amides is 1. The van der Waals surface area contributed by atoms with E-state index < -0.39 is 15.9 Å². The number of fused-ring (bicyclic) bond motifs is 1. The summed E-state index contributed by atoms with van der Waals surface area (Å²) in [7, 11) is -2.23. The minimum Gasteiger partial charge on any atom is -0.495 e. The van der Waals surface area contributed by atoms with E-state index >= 15 is 0 Å². The maximum Gasteiger partial charge on any atom is 0.279 e. The van der Waals surface area contributed by atoms with Gasteiger partial charge in [-0.05, 0) is 61.5 Å². The summed E-state index contributed by atoms with van der Waals surface area (Å²) in [6, 6.07) is 17.7. The Balaban J connectivity index is 1.68. The standard InChI is InChI=1S/C23H20ClN3O4S2/c1-3-27-21-19(31-2)8-5-9-20(21)32-23(27)25-22(28)15-6-4-7-17(14-15)26-33(29,30)18-12-10-16(24)11-13-18/h4-14,26H,3H2,1-2H3. The molecule has 170 valence electrons. The summed E-state index contributed by atoms with van der Waals surface area (Å²) in [5.74, 6) is 0.230. The molecule has 0 radical (unpaired) electrons. The highest BCUT2D eigenvalue weighted by Gasteiger charge is 2.16. The topological polar surface area (TPSA) is 89.8 Å². The minimum absolute atomic E-state index is 0.0662. The van der Waals surface area contributed by atoms with E-state index in [4.69, 9.17) is 16.3 Å². The third-order valence-corrected chi connectivity index (χ3v) is 7.58. The van der Waals surface area contributed by atoms with Crippen LogP contribution >= 0.6 is 22.9 Å². The second kappa shape index (κ2) is 9.38. The Labute approximate surface area is 200 Å². The van der Waals surface area contributed by atoms with Crippen LogP contribution in [0.4, 0.5) is 5.69 Å². The van der Waals surface area contributed by atoms with E-state index in [1.54, 1.807) is 25.3 Å². The lowest BCUT2D eigenvalue weighted by Gasteiger charge is -2.09. The van der Waals surface area contributed by atoms with Crippen LogP contribution in [0.25, 0.3) is 10.2 Å². The summed E-state index contributed by atoms with van der Waals surface area (Å²) in [6.45, 7) is 2.57. The van der Waals surface area contributed by atoms with Gasteiger partial charge in [0.05, 0.1) is 16.7 Å². The van der Waals surface area contributed by atoms with Gasteiger partial charge >= 0.3 is 0 Å². The Hall–Kier alpha value is -3.14. The molecule has 0 bridgehead atoms. The van der Waals surface area contributed by atoms with E-state index in [-0.39, 0.29) is 16.1 Å². The number of sulfonamides is 1. The molecular formula is C23H20ClN3O4S2. The van der Waals surface area contributed by atoms with Crippen LogP contribution in [0.1, 0.15) is 17.3 Å². The van der Waals surface area contributed by atoms with E-state index in [2.05, 4.69) is 9.71 Å². The highest BCUT2D eigenvalue weighted by molar-refractivity contribution is 7.92. The lowest BCUT2D eigenvalue weighted by Crippen LogP contribution is -2.16. The first-order valence-corrected chi connectivity index (χ1v) is 12.6. The molecule has 0 aliphatic rings. The van der Waals surface area contributed by atoms with Crippen molar-refractivity contribution < 1.29 is 17.9 Å². The number of thiazole rings is 1. The third-order valence-electron chi connectivity index (χ3n) is 4.88. The molecule has 10 heteroatoms. The first-order valence-electron chi connectivity index (χ1n) is 9.96. The van der Waals surface area contributed by atoms with Gasteiger partial charge in [0.1, 0.15) is 11.3 Å². The fourth-order valence-electron chi connectivity index (χ4n) is 3.34. The molecule has 33 heavy (non-hydrogen) atoms. The number of carbonyl (C=O) groups is 1. The number of halogens is 1. The number of nitrogens with zero attached hydrogens (tertiary/aromatic N) is 2. The van der Waals surface area contributed by atoms with Crippen LogP contribution in [-0.4, -0.2) is 26.0 Å². The van der Waals surface area contributed by atoms with Crippen LogP contribution in [0.3, 0.4) is 0 Å². The number of hydrogen-bond donors (Lipinski definition) is 1. The van der Waals surface area contributed by atoms with E-state index in [1.807, 2.05) is 29.7 Å². The molecule has 4 aromatic rings. The molecule has 0 unspecified atom stereocenters. The number of methoxy groups -OCH3 is 1. The Morgan fingerprint density at radius 2 is 1.85 bits per heavy atom. The van der Waals surface area contributed by atoms with Gasteiger partial charge in [-0.3, -0.25) is 9.52 Å². The average molecular weight is 502 g/mol. The second-order valence-electron chi connectivity index (χ2n) is 6.99. The van der Waals surface area contributed by atoms with E-state index in [0.29, 0.717) is 22.1 Å². The number of carbonyl (C=O) groups excluding carboxylic acids is 1. The highest BCUT2D eigenvalue weighted by Crippen LogP contribution is 2.27. The zero-order chi connectivity index (χ0) is 23.6. The van der Waals surface area contributed by atoms with Crippen LogP contribution in [-0.2, 0) is 16.6 Å². The van der Waals surface area contributed by atoms with E-state index in [9.17, 15) is 13.2 Å². The van der Waals surface area contributed by atoms with Crippen LogP contribution < -0.4 is 14.3 Å². The number of nitrogens with one attached hydrogen (secondary N) is 1. The molecule has 3 aromatic carbocycles. The van der Waals surface area contributed by atoms with Gasteiger partial charge in [0.25, 0.3) is 15.9 Å². The summed E-state index contributed by atoms with van der Waals surface area (Å²) in [5.41, 5.74) is 1.40. The average Bonchev–Trinajstić information content (AvgIpc) is 3.16. The van der Waals surface area contributed by atoms with Gasteiger partial charge in [-0.1, -0.05) is 35.1 Å². The molecule has 1 heterocycles. The molecule has 0 aliphatic heterocycles. The lowest BCUT2D eigenvalue weighted by molar-refractivity contribution is 0.0998. The van der Waals surface area contributed by atoms with Gasteiger partial charge in [0.15, 0.2) is 4.80 Å². The van der Waals surface area contributed by atoms with Crippen molar-refractivity contribution in [1.29, 1.82) is 0 Å². The molecule has 0 spiro atoms. The van der Waals surface area contributed by atoms with Gasteiger partial charge in [-0.15, -0.1) is 0 Å². The van der Waals surface area contributed by atoms with Crippen molar-refractivity contribution in [2.45, 2.75) is 18.4 Å². The molecule has 0 saturated heterocycles. The molecule has 7 nitrogen and oxygen atoms in total. The number of hydrogen-bond acceptors (Lipinski definition) is 5. The molecule has 0 saturated carbocycles. The van der Waals surface area contributed by atoms with Crippen LogP contribution in [0.5, 0.6) is 5.75 Å². The monoisotopic (exact) mass is 501 g/mol. The number of anilines is 1. The van der Waals surface area contributed by atoms with Crippen molar-refractivity contribution in [3.8, 4) is 5.75 Å². The number of ether oxygens (including phenoxy) is 1. The van der Waals surface area contributed by atoms with Crippen molar-refractivity contribution in [3.63, 3.8) is 0 Å². The van der Waals surface area contributed by atoms with Gasteiger partial charge in [-0.25, -0.2) is 8.42 Å². The Bertz CT molecular complexity index is 1510. The van der Waals surface area contributed by atoms with Crippen molar-refractivity contribution >= 4 is 54.8 Å². The fraction of sp³-hybridized carbons (Fsp3) is 0.130. The maximum atomic E-state index is 12.9. The van der Waals surface area contributed by atoms with E-state index in [0.717, 1.165) is 10.2 Å². The first-order chi connectivity index (χ1) is 15.8. The summed E-state index contributed by atoms with van der Waals surface area (Å²) >= 11 is 7.22. The lowest BCUT2D eigenvalue weighted by atomic mass is 10.2. The molecule has 0 atom stereocenters. The van der Waals surface area contributed by atoms with Crippen LogP contribution in [0.15, 0.2) is 76.6 Å². The SMILES string of the molecule is CCn1c(=NC(=O)c2cccc(NS(=O)(=O)c3ccc(Cl)cc3)c2)sc2cccc(OC)c21. The number of rotatable bonds is 6. The van der Waals surface area contributed by atoms with Gasteiger partial charge in [-0.2, -0.15) is 4.99 Å². The molecular weight excluding hydrogens is 482 g/mol. The molecule has 1 N–H and O–H groups in total. The second-order valence-corrected chi connectivity index (χ2v) is 10.1. The minimum atomic E-state index is -3.83. The summed E-state index contributed by atoms with van der Waals surface area (Å²) in [6.07, 6.45) is 0. The van der Waals surface area contributed by atoms with Crippen molar-refractivity contribution in [2.75, 3.05) is 11.8 Å². The summed E-state index contributed by atoms with van der Waals surface area (Å²) < 4.78 is 36.1. The number of para-hydroxylation sites is 1. The Kier molecular flexibility index (Phi) is 6.55. The smallest absolute Gasteiger partial charge is 0.279 e. The highest BCUT2D eigenvalue weighted by atomic mass is 35.5. The quantitative estimate of drug-likeness (QED) is 0.406. The molecule has 0 fully saturated rings. The molecule has 4 rings (SSSR count). The predicted octanol–water partition coefficient (Wildman–Crippen LogP) is 4.93. The van der Waals surface area contributed by atoms with Gasteiger partial charge < -0.3 is 9.30 Å². The molecule has 0 aliphatic carbocycles. The van der Waals surface area contributed by atoms with Gasteiger partial charge in [0.2, 0.25) is 0 Å². The fourth-order valence-corrected chi connectivity index (χ4v) is 5.62. The largest absolute Gasteiger partial charge is 0.495 e. The van der Waals surface area contributed by atoms with Crippen molar-refractivity contribution in [2.24, 2.45) is 4.99 Å². The predicted molar refractivity (Wildman–Crippen MR) is 131 cm³/mol. The maximum absolute atomic E-state index is 12.9. The first kappa shape index (κ1) is 23.0. The number of aryl methyl sites for hydroxylation is 1. The number of benzene rings is 3. The van der Waals surface area contributed by atoms with E-state index in [1.165, 1.54) is 41.7 Å². The Morgan fingerprint density at radius 1 is 1.12 bits per heavy atom. The normalized spacial score (nSPS) is 12.2. The van der Waals surface area contributed by atoms with Crippen molar-refractivity contribution in [1.82, 2.24) is 4.57 Å². The number of aromatic nitrogens is 1. The molecule has 1 aromatic heterocycles. The third kappa shape index (κ3) is 4.80. The zero-order valence-electron chi connectivity index (χ0n) is 17.8. The summed E-state index contributed by atoms with van der Waals surface area (Å²) in [4.78, 5) is 17.9.